The van der Waals surface area contributed by atoms with E-state index < -0.39 is 0 Å². The molecule has 122 valence electrons. The number of rotatable bonds is 3. The normalized spacial score (nSPS) is 11.7. The van der Waals surface area contributed by atoms with E-state index in [4.69, 9.17) is 34.0 Å². The van der Waals surface area contributed by atoms with Crippen molar-refractivity contribution in [2.75, 3.05) is 19.0 Å². The molecule has 0 atom stereocenters. The van der Waals surface area contributed by atoms with Crippen LogP contribution in [0.5, 0.6) is 0 Å². The minimum absolute atomic E-state index is 0.226. The average Bonchev–Trinajstić information content (AvgIpc) is 2.54. The molecule has 0 aliphatic rings. The van der Waals surface area contributed by atoms with E-state index >= 15 is 0 Å². The van der Waals surface area contributed by atoms with E-state index in [-0.39, 0.29) is 4.99 Å². The molecule has 1 heterocycles. The number of benzene rings is 2. The van der Waals surface area contributed by atoms with Crippen molar-refractivity contribution >= 4 is 51.2 Å². The summed E-state index contributed by atoms with van der Waals surface area (Å²) in [5.74, 6) is 0. The summed E-state index contributed by atoms with van der Waals surface area (Å²) < 4.78 is 5.89. The van der Waals surface area contributed by atoms with Gasteiger partial charge in [-0.2, -0.15) is 0 Å². The highest BCUT2D eigenvalue weighted by atomic mass is 35.5. The van der Waals surface area contributed by atoms with Crippen LogP contribution in [0.4, 0.5) is 11.4 Å². The van der Waals surface area contributed by atoms with Crippen molar-refractivity contribution < 1.29 is 4.42 Å². The van der Waals surface area contributed by atoms with E-state index in [1.165, 1.54) is 0 Å². The first-order valence-corrected chi connectivity index (χ1v) is 8.08. The van der Waals surface area contributed by atoms with Crippen LogP contribution in [0.1, 0.15) is 5.56 Å². The van der Waals surface area contributed by atoms with Crippen molar-refractivity contribution in [3.05, 3.63) is 64.7 Å². The fraction of sp³-hybridized carbons (Fsp3) is 0.111. The molecule has 2 N–H and O–H groups in total. The van der Waals surface area contributed by atoms with E-state index in [1.54, 1.807) is 18.2 Å². The maximum atomic E-state index is 6.03. The van der Waals surface area contributed by atoms with Crippen molar-refractivity contribution in [1.82, 2.24) is 0 Å². The highest BCUT2D eigenvalue weighted by molar-refractivity contribution is 7.80. The molecule has 0 aliphatic carbocycles. The zero-order valence-corrected chi connectivity index (χ0v) is 14.9. The number of fused-ring (bicyclic) bond motifs is 1. The topological polar surface area (TPSA) is 54.8 Å². The summed E-state index contributed by atoms with van der Waals surface area (Å²) in [6.07, 6.45) is 0. The van der Waals surface area contributed by atoms with Crippen molar-refractivity contribution in [3.63, 3.8) is 0 Å². The Kier molecular flexibility index (Phi) is 4.55. The zero-order chi connectivity index (χ0) is 17.3. The summed E-state index contributed by atoms with van der Waals surface area (Å²) >= 11 is 11.2. The minimum atomic E-state index is 0.226. The lowest BCUT2D eigenvalue weighted by Crippen LogP contribution is -2.20. The van der Waals surface area contributed by atoms with E-state index in [1.807, 2.05) is 49.3 Å². The van der Waals surface area contributed by atoms with Crippen molar-refractivity contribution in [1.29, 1.82) is 0 Å². The molecule has 0 fully saturated rings. The van der Waals surface area contributed by atoms with Gasteiger partial charge < -0.3 is 15.1 Å². The number of hydrogen-bond acceptors (Lipinski definition) is 4. The van der Waals surface area contributed by atoms with Crippen LogP contribution >= 0.6 is 23.8 Å². The fourth-order valence-electron chi connectivity index (χ4n) is 2.30. The van der Waals surface area contributed by atoms with Gasteiger partial charge in [0.05, 0.1) is 11.3 Å². The Balaban J connectivity index is 2.17. The Bertz CT molecular complexity index is 978. The third kappa shape index (κ3) is 3.42. The molecule has 1 aromatic heterocycles. The Morgan fingerprint density at radius 3 is 2.46 bits per heavy atom. The van der Waals surface area contributed by atoms with Gasteiger partial charge in [0.1, 0.15) is 10.6 Å². The predicted octanol–water partition coefficient (Wildman–Crippen LogP) is 4.02. The summed E-state index contributed by atoms with van der Waals surface area (Å²) in [5.41, 5.74) is 9.32. The molecule has 0 spiro atoms. The second-order valence-corrected chi connectivity index (χ2v) is 6.41. The molecule has 24 heavy (non-hydrogen) atoms. The van der Waals surface area contributed by atoms with Gasteiger partial charge in [0.2, 0.25) is 5.55 Å². The Morgan fingerprint density at radius 1 is 1.12 bits per heavy atom. The van der Waals surface area contributed by atoms with Crippen molar-refractivity contribution in [2.45, 2.75) is 0 Å². The third-order valence-corrected chi connectivity index (χ3v) is 4.03. The summed E-state index contributed by atoms with van der Waals surface area (Å²) in [4.78, 5) is 6.80. The molecule has 4 nitrogen and oxygen atoms in total. The molecule has 0 saturated carbocycles. The molecular formula is C18H16ClN3OS. The van der Waals surface area contributed by atoms with Gasteiger partial charge in [0.15, 0.2) is 0 Å². The Labute approximate surface area is 150 Å². The summed E-state index contributed by atoms with van der Waals surface area (Å²) in [5, 5.41) is 1.45. The summed E-state index contributed by atoms with van der Waals surface area (Å²) in [6, 6.07) is 15.0. The van der Waals surface area contributed by atoms with Crippen LogP contribution in [0.15, 0.2) is 57.9 Å². The first-order valence-electron chi connectivity index (χ1n) is 7.29. The Hall–Kier alpha value is -2.37. The zero-order valence-electron chi connectivity index (χ0n) is 13.3. The third-order valence-electron chi connectivity index (χ3n) is 3.57. The molecule has 3 aromatic rings. The van der Waals surface area contributed by atoms with Gasteiger partial charge in [-0.15, -0.1) is 0 Å². The van der Waals surface area contributed by atoms with Gasteiger partial charge in [-0.1, -0.05) is 23.8 Å². The van der Waals surface area contributed by atoms with E-state index in [0.717, 1.165) is 16.8 Å². The van der Waals surface area contributed by atoms with Gasteiger partial charge in [-0.3, -0.25) is 0 Å². The van der Waals surface area contributed by atoms with Gasteiger partial charge in [-0.05, 0) is 48.5 Å². The summed E-state index contributed by atoms with van der Waals surface area (Å²) in [6.45, 7) is 0. The van der Waals surface area contributed by atoms with Gasteiger partial charge in [0, 0.05) is 30.2 Å². The fourth-order valence-corrected chi connectivity index (χ4v) is 2.63. The van der Waals surface area contributed by atoms with Crippen molar-refractivity contribution in [3.8, 4) is 0 Å². The van der Waals surface area contributed by atoms with E-state index in [2.05, 4.69) is 4.99 Å². The van der Waals surface area contributed by atoms with Crippen molar-refractivity contribution in [2.24, 2.45) is 10.7 Å². The lowest BCUT2D eigenvalue weighted by molar-refractivity contribution is 0.543. The van der Waals surface area contributed by atoms with Crippen LogP contribution in [0.25, 0.3) is 11.0 Å². The molecule has 2 aromatic carbocycles. The lowest BCUT2D eigenvalue weighted by Gasteiger charge is -2.11. The molecule has 0 saturated heterocycles. The van der Waals surface area contributed by atoms with E-state index in [9.17, 15) is 0 Å². The molecule has 6 heteroatoms. The number of thiocarbonyl (C=S) groups is 1. The second-order valence-electron chi connectivity index (χ2n) is 5.53. The van der Waals surface area contributed by atoms with Crippen LogP contribution in [-0.4, -0.2) is 19.1 Å². The Morgan fingerprint density at radius 2 is 1.83 bits per heavy atom. The van der Waals surface area contributed by atoms with Gasteiger partial charge in [-0.25, -0.2) is 4.99 Å². The summed E-state index contributed by atoms with van der Waals surface area (Å²) in [7, 11) is 3.97. The van der Waals surface area contributed by atoms with Gasteiger partial charge >= 0.3 is 0 Å². The first-order chi connectivity index (χ1) is 11.4. The standard InChI is InChI=1S/C18H16ClN3OS/c1-22(2)14-6-4-13(5-7-14)21-18-15(17(20)24)10-11-9-12(19)3-8-16(11)23-18/h3-10H,1-2H3,(H2,20,24). The highest BCUT2D eigenvalue weighted by Gasteiger charge is 2.07. The SMILES string of the molecule is CN(C)c1ccc(N=c2oc3ccc(Cl)cc3cc2C(N)=S)cc1. The largest absolute Gasteiger partial charge is 0.438 e. The maximum Gasteiger partial charge on any atom is 0.230 e. The molecule has 0 aliphatic heterocycles. The van der Waals surface area contributed by atoms with Crippen LogP contribution in [0.3, 0.4) is 0 Å². The van der Waals surface area contributed by atoms with Crippen LogP contribution < -0.4 is 16.2 Å². The number of nitrogens with zero attached hydrogens (tertiary/aromatic N) is 2. The van der Waals surface area contributed by atoms with Gasteiger partial charge in [0.25, 0.3) is 0 Å². The predicted molar refractivity (Wildman–Crippen MR) is 103 cm³/mol. The lowest BCUT2D eigenvalue weighted by atomic mass is 10.2. The molecule has 0 amide bonds. The van der Waals surface area contributed by atoms with Crippen LogP contribution in [0.2, 0.25) is 5.02 Å². The highest BCUT2D eigenvalue weighted by Crippen LogP contribution is 2.21. The number of nitrogens with two attached hydrogens (primary N) is 1. The average molecular weight is 358 g/mol. The van der Waals surface area contributed by atoms with Crippen LogP contribution in [0, 0.1) is 0 Å². The molecule has 0 radical (unpaired) electrons. The second kappa shape index (κ2) is 6.63. The monoisotopic (exact) mass is 357 g/mol. The van der Waals surface area contributed by atoms with E-state index in [0.29, 0.717) is 21.7 Å². The maximum absolute atomic E-state index is 6.03. The number of hydrogen-bond donors (Lipinski definition) is 1. The quantitative estimate of drug-likeness (QED) is 0.719. The molecular weight excluding hydrogens is 342 g/mol. The smallest absolute Gasteiger partial charge is 0.230 e. The molecule has 0 unspecified atom stereocenters. The molecule has 0 bridgehead atoms. The molecule has 3 rings (SSSR count). The number of anilines is 1. The van der Waals surface area contributed by atoms with Crippen LogP contribution in [-0.2, 0) is 0 Å². The first kappa shape index (κ1) is 16.5. The number of halogens is 1. The minimum Gasteiger partial charge on any atom is -0.438 e.